The second-order valence-electron chi connectivity index (χ2n) is 5.63. The molecule has 1 aliphatic carbocycles. The lowest BCUT2D eigenvalue weighted by Gasteiger charge is -2.40. The number of fused-ring (bicyclic) bond motifs is 1. The fourth-order valence-corrected chi connectivity index (χ4v) is 3.45. The average molecular weight is 248 g/mol. The van der Waals surface area contributed by atoms with E-state index in [0.717, 1.165) is 38.0 Å². The van der Waals surface area contributed by atoms with Crippen LogP contribution in [0.1, 0.15) is 17.5 Å². The van der Waals surface area contributed by atoms with Crippen LogP contribution >= 0.6 is 0 Å². The summed E-state index contributed by atoms with van der Waals surface area (Å²) in [5.41, 5.74) is 2.19. The maximum absolute atomic E-state index is 13.9. The predicted molar refractivity (Wildman–Crippen MR) is 71.2 cm³/mol. The van der Waals surface area contributed by atoms with E-state index in [4.69, 9.17) is 0 Å². The lowest BCUT2D eigenvalue weighted by atomic mass is 9.79. The number of likely N-dealkylation sites (N-methyl/N-ethyl adjacent to an activating group) is 1. The number of halogens is 1. The summed E-state index contributed by atoms with van der Waals surface area (Å²) < 4.78 is 13.9. The SMILES string of the molecule is CN1CCNCC1C1CCc2cccc(F)c2C1. The van der Waals surface area contributed by atoms with E-state index in [0.29, 0.717) is 12.0 Å². The van der Waals surface area contributed by atoms with Gasteiger partial charge in [-0.1, -0.05) is 12.1 Å². The Morgan fingerprint density at radius 2 is 2.28 bits per heavy atom. The van der Waals surface area contributed by atoms with Crippen molar-refractivity contribution in [2.75, 3.05) is 26.7 Å². The molecule has 3 rings (SSSR count). The Morgan fingerprint density at radius 1 is 1.39 bits per heavy atom. The van der Waals surface area contributed by atoms with Crippen LogP contribution in [0.4, 0.5) is 4.39 Å². The first-order valence-electron chi connectivity index (χ1n) is 6.93. The van der Waals surface area contributed by atoms with Crippen molar-refractivity contribution in [3.8, 4) is 0 Å². The highest BCUT2D eigenvalue weighted by atomic mass is 19.1. The van der Waals surface area contributed by atoms with Crippen LogP contribution in [0.2, 0.25) is 0 Å². The molecule has 3 heteroatoms. The van der Waals surface area contributed by atoms with E-state index in [9.17, 15) is 4.39 Å². The Morgan fingerprint density at radius 3 is 3.11 bits per heavy atom. The molecule has 0 radical (unpaired) electrons. The second-order valence-corrected chi connectivity index (χ2v) is 5.63. The normalized spacial score (nSPS) is 29.0. The first kappa shape index (κ1) is 12.1. The minimum absolute atomic E-state index is 0.0105. The monoisotopic (exact) mass is 248 g/mol. The van der Waals surface area contributed by atoms with Crippen LogP contribution in [0.15, 0.2) is 18.2 Å². The van der Waals surface area contributed by atoms with Crippen molar-refractivity contribution in [3.63, 3.8) is 0 Å². The molecule has 0 saturated carbocycles. The lowest BCUT2D eigenvalue weighted by molar-refractivity contribution is 0.132. The molecule has 0 amide bonds. The Labute approximate surface area is 108 Å². The molecular weight excluding hydrogens is 227 g/mol. The molecule has 1 aliphatic heterocycles. The van der Waals surface area contributed by atoms with Gasteiger partial charge in [-0.05, 0) is 49.4 Å². The molecule has 2 unspecified atom stereocenters. The van der Waals surface area contributed by atoms with Gasteiger partial charge in [-0.25, -0.2) is 4.39 Å². The summed E-state index contributed by atoms with van der Waals surface area (Å²) in [5, 5.41) is 3.47. The molecule has 1 N–H and O–H groups in total. The van der Waals surface area contributed by atoms with Gasteiger partial charge < -0.3 is 10.2 Å². The first-order valence-corrected chi connectivity index (χ1v) is 6.93. The van der Waals surface area contributed by atoms with Crippen molar-refractivity contribution in [2.24, 2.45) is 5.92 Å². The molecule has 2 nitrogen and oxygen atoms in total. The zero-order valence-corrected chi connectivity index (χ0v) is 11.0. The molecule has 2 atom stereocenters. The van der Waals surface area contributed by atoms with Gasteiger partial charge in [0.05, 0.1) is 0 Å². The van der Waals surface area contributed by atoms with E-state index in [1.165, 1.54) is 12.0 Å². The third kappa shape index (κ3) is 2.17. The summed E-state index contributed by atoms with van der Waals surface area (Å²) in [5.74, 6) is 0.579. The molecule has 1 aromatic rings. The summed E-state index contributed by atoms with van der Waals surface area (Å²) in [6, 6.07) is 6.08. The maximum Gasteiger partial charge on any atom is 0.126 e. The van der Waals surface area contributed by atoms with Gasteiger partial charge in [0.2, 0.25) is 0 Å². The smallest absolute Gasteiger partial charge is 0.126 e. The van der Waals surface area contributed by atoms with Crippen molar-refractivity contribution in [2.45, 2.75) is 25.3 Å². The number of aryl methyl sites for hydroxylation is 1. The van der Waals surface area contributed by atoms with Crippen molar-refractivity contribution in [3.05, 3.63) is 35.1 Å². The van der Waals surface area contributed by atoms with E-state index in [-0.39, 0.29) is 5.82 Å². The lowest BCUT2D eigenvalue weighted by Crippen LogP contribution is -2.53. The van der Waals surface area contributed by atoms with Crippen LogP contribution in [-0.2, 0) is 12.8 Å². The zero-order valence-electron chi connectivity index (χ0n) is 11.0. The fourth-order valence-electron chi connectivity index (χ4n) is 3.45. The second kappa shape index (κ2) is 4.98. The summed E-state index contributed by atoms with van der Waals surface area (Å²) in [4.78, 5) is 2.44. The maximum atomic E-state index is 13.9. The van der Waals surface area contributed by atoms with Gasteiger partial charge in [-0.2, -0.15) is 0 Å². The molecule has 1 heterocycles. The van der Waals surface area contributed by atoms with Gasteiger partial charge in [0.1, 0.15) is 5.82 Å². The van der Waals surface area contributed by atoms with Crippen molar-refractivity contribution in [1.82, 2.24) is 10.2 Å². The third-order valence-electron chi connectivity index (χ3n) is 4.57. The number of hydrogen-bond acceptors (Lipinski definition) is 2. The van der Waals surface area contributed by atoms with Crippen LogP contribution in [0.5, 0.6) is 0 Å². The van der Waals surface area contributed by atoms with E-state index in [1.54, 1.807) is 6.07 Å². The van der Waals surface area contributed by atoms with Gasteiger partial charge in [0.15, 0.2) is 0 Å². The highest BCUT2D eigenvalue weighted by Gasteiger charge is 2.31. The fraction of sp³-hybridized carbons (Fsp3) is 0.600. The molecule has 98 valence electrons. The zero-order chi connectivity index (χ0) is 12.5. The molecule has 18 heavy (non-hydrogen) atoms. The van der Waals surface area contributed by atoms with Gasteiger partial charge >= 0.3 is 0 Å². The van der Waals surface area contributed by atoms with Crippen LogP contribution < -0.4 is 5.32 Å². The summed E-state index contributed by atoms with van der Waals surface area (Å²) in [6.07, 6.45) is 3.12. The van der Waals surface area contributed by atoms with Crippen LogP contribution in [-0.4, -0.2) is 37.6 Å². The quantitative estimate of drug-likeness (QED) is 0.816. The Kier molecular flexibility index (Phi) is 3.35. The average Bonchev–Trinajstić information content (AvgIpc) is 2.40. The van der Waals surface area contributed by atoms with E-state index in [1.807, 2.05) is 6.07 Å². The number of rotatable bonds is 1. The van der Waals surface area contributed by atoms with Crippen LogP contribution in [0.3, 0.4) is 0 Å². The topological polar surface area (TPSA) is 15.3 Å². The minimum Gasteiger partial charge on any atom is -0.314 e. The number of nitrogens with one attached hydrogen (secondary N) is 1. The van der Waals surface area contributed by atoms with E-state index < -0.39 is 0 Å². The molecule has 0 bridgehead atoms. The van der Waals surface area contributed by atoms with Gasteiger partial charge in [0, 0.05) is 25.7 Å². The molecule has 0 spiro atoms. The van der Waals surface area contributed by atoms with Gasteiger partial charge in [-0.3, -0.25) is 0 Å². The Bertz CT molecular complexity index is 433. The summed E-state index contributed by atoms with van der Waals surface area (Å²) in [6.45, 7) is 3.22. The molecule has 1 aromatic carbocycles. The Hall–Kier alpha value is -0.930. The predicted octanol–water partition coefficient (Wildman–Crippen LogP) is 1.83. The van der Waals surface area contributed by atoms with E-state index in [2.05, 4.69) is 23.3 Å². The number of benzene rings is 1. The van der Waals surface area contributed by atoms with Crippen molar-refractivity contribution < 1.29 is 4.39 Å². The van der Waals surface area contributed by atoms with Gasteiger partial charge in [0.25, 0.3) is 0 Å². The number of piperazine rings is 1. The molecule has 0 aromatic heterocycles. The standard InChI is InChI=1S/C15H21FN2/c1-18-8-7-17-10-15(18)12-6-5-11-3-2-4-14(16)13(11)9-12/h2-4,12,15,17H,5-10H2,1H3. The number of hydrogen-bond donors (Lipinski definition) is 1. The van der Waals surface area contributed by atoms with Crippen molar-refractivity contribution in [1.29, 1.82) is 0 Å². The Balaban J connectivity index is 1.79. The summed E-state index contributed by atoms with van der Waals surface area (Å²) in [7, 11) is 2.20. The molecule has 1 saturated heterocycles. The first-order chi connectivity index (χ1) is 8.75. The minimum atomic E-state index is -0.0105. The molecular formula is C15H21FN2. The third-order valence-corrected chi connectivity index (χ3v) is 4.57. The van der Waals surface area contributed by atoms with Gasteiger partial charge in [-0.15, -0.1) is 0 Å². The molecule has 2 aliphatic rings. The number of nitrogens with zero attached hydrogens (tertiary/aromatic N) is 1. The highest BCUT2D eigenvalue weighted by molar-refractivity contribution is 5.31. The van der Waals surface area contributed by atoms with Crippen LogP contribution in [0, 0.1) is 11.7 Å². The van der Waals surface area contributed by atoms with Crippen molar-refractivity contribution >= 4 is 0 Å². The highest BCUT2D eigenvalue weighted by Crippen LogP contribution is 2.31. The largest absolute Gasteiger partial charge is 0.314 e. The van der Waals surface area contributed by atoms with E-state index >= 15 is 0 Å². The molecule has 1 fully saturated rings. The summed E-state index contributed by atoms with van der Waals surface area (Å²) >= 11 is 0. The van der Waals surface area contributed by atoms with Crippen LogP contribution in [0.25, 0.3) is 0 Å².